The van der Waals surface area contributed by atoms with Crippen molar-refractivity contribution in [2.45, 2.75) is 58.5 Å². The summed E-state index contributed by atoms with van der Waals surface area (Å²) in [5.74, 6) is -0.244. The standard InChI is InChI=1S/C13H25N3O2/c1-4-8-15-11(17)9(2)16-12(18)13(3)7-5-6-10(13)14/h9-10H,4-8,14H2,1-3H3,(H,15,17)(H,16,18). The predicted octanol–water partition coefficient (Wildman–Crippen LogP) is 0.535. The number of hydrogen-bond donors (Lipinski definition) is 3. The molecular formula is C13H25N3O2. The van der Waals surface area contributed by atoms with Crippen molar-refractivity contribution in [1.29, 1.82) is 0 Å². The molecule has 0 aromatic carbocycles. The third-order valence-electron chi connectivity index (χ3n) is 3.84. The smallest absolute Gasteiger partial charge is 0.242 e. The second-order valence-electron chi connectivity index (χ2n) is 5.40. The van der Waals surface area contributed by atoms with Crippen molar-refractivity contribution in [3.8, 4) is 0 Å². The molecule has 0 aromatic heterocycles. The fraction of sp³-hybridized carbons (Fsp3) is 0.846. The molecule has 1 saturated carbocycles. The summed E-state index contributed by atoms with van der Waals surface area (Å²) in [6, 6.07) is -0.614. The minimum Gasteiger partial charge on any atom is -0.354 e. The van der Waals surface area contributed by atoms with Gasteiger partial charge >= 0.3 is 0 Å². The van der Waals surface area contributed by atoms with Gasteiger partial charge in [0, 0.05) is 12.6 Å². The van der Waals surface area contributed by atoms with Gasteiger partial charge < -0.3 is 16.4 Å². The van der Waals surface area contributed by atoms with Gasteiger partial charge in [-0.05, 0) is 33.1 Å². The number of nitrogens with two attached hydrogens (primary N) is 1. The van der Waals surface area contributed by atoms with Crippen LogP contribution < -0.4 is 16.4 Å². The maximum Gasteiger partial charge on any atom is 0.242 e. The van der Waals surface area contributed by atoms with E-state index >= 15 is 0 Å². The quantitative estimate of drug-likeness (QED) is 0.670. The van der Waals surface area contributed by atoms with Crippen LogP contribution in [0.4, 0.5) is 0 Å². The number of hydrogen-bond acceptors (Lipinski definition) is 3. The molecule has 5 heteroatoms. The Labute approximate surface area is 109 Å². The third-order valence-corrected chi connectivity index (χ3v) is 3.84. The summed E-state index contributed by atoms with van der Waals surface area (Å²) in [4.78, 5) is 23.9. The molecule has 0 heterocycles. The molecule has 1 rings (SSSR count). The molecule has 0 saturated heterocycles. The van der Waals surface area contributed by atoms with Crippen LogP contribution in [-0.4, -0.2) is 30.4 Å². The first-order valence-electron chi connectivity index (χ1n) is 6.76. The van der Waals surface area contributed by atoms with Gasteiger partial charge in [0.2, 0.25) is 11.8 Å². The van der Waals surface area contributed by atoms with E-state index in [0.717, 1.165) is 25.7 Å². The fourth-order valence-electron chi connectivity index (χ4n) is 2.30. The molecule has 0 bridgehead atoms. The van der Waals surface area contributed by atoms with Crippen molar-refractivity contribution in [2.24, 2.45) is 11.1 Å². The molecular weight excluding hydrogens is 230 g/mol. The highest BCUT2D eigenvalue weighted by Gasteiger charge is 2.43. The highest BCUT2D eigenvalue weighted by molar-refractivity contribution is 5.90. The molecule has 0 spiro atoms. The molecule has 4 N–H and O–H groups in total. The largest absolute Gasteiger partial charge is 0.354 e. The number of carbonyl (C=O) groups excluding carboxylic acids is 2. The summed E-state index contributed by atoms with van der Waals surface area (Å²) in [5, 5.41) is 5.54. The highest BCUT2D eigenvalue weighted by atomic mass is 16.2. The molecule has 104 valence electrons. The summed E-state index contributed by atoms with van der Waals surface area (Å²) in [6.07, 6.45) is 3.53. The van der Waals surface area contributed by atoms with Gasteiger partial charge in [0.15, 0.2) is 0 Å². The molecule has 0 aliphatic heterocycles. The van der Waals surface area contributed by atoms with Crippen LogP contribution in [0.2, 0.25) is 0 Å². The monoisotopic (exact) mass is 255 g/mol. The van der Waals surface area contributed by atoms with Crippen LogP contribution in [0.15, 0.2) is 0 Å². The van der Waals surface area contributed by atoms with Gasteiger partial charge in [0.25, 0.3) is 0 Å². The topological polar surface area (TPSA) is 84.2 Å². The molecule has 0 radical (unpaired) electrons. The summed E-state index contributed by atoms with van der Waals surface area (Å²) in [6.45, 7) is 6.21. The minimum atomic E-state index is -0.528. The maximum atomic E-state index is 12.2. The first-order chi connectivity index (χ1) is 8.41. The van der Waals surface area contributed by atoms with Gasteiger partial charge in [-0.3, -0.25) is 9.59 Å². The summed E-state index contributed by atoms with van der Waals surface area (Å²) >= 11 is 0. The SMILES string of the molecule is CCCNC(=O)C(C)NC(=O)C1(C)CCCC1N. The normalized spacial score (nSPS) is 28.8. The first-order valence-corrected chi connectivity index (χ1v) is 6.76. The molecule has 1 aliphatic carbocycles. The van der Waals surface area contributed by atoms with E-state index in [4.69, 9.17) is 5.73 Å². The van der Waals surface area contributed by atoms with E-state index in [9.17, 15) is 9.59 Å². The molecule has 2 amide bonds. The average molecular weight is 255 g/mol. The Balaban J connectivity index is 2.51. The second kappa shape index (κ2) is 6.18. The van der Waals surface area contributed by atoms with Crippen LogP contribution in [0.3, 0.4) is 0 Å². The lowest BCUT2D eigenvalue weighted by molar-refractivity contribution is -0.134. The molecule has 0 aromatic rings. The van der Waals surface area contributed by atoms with E-state index in [1.807, 2.05) is 13.8 Å². The van der Waals surface area contributed by atoms with Gasteiger partial charge in [0.05, 0.1) is 5.41 Å². The molecule has 1 fully saturated rings. The third kappa shape index (κ3) is 3.22. The number of amides is 2. The summed E-state index contributed by atoms with van der Waals surface area (Å²) < 4.78 is 0. The zero-order chi connectivity index (χ0) is 13.8. The Morgan fingerprint density at radius 3 is 2.67 bits per heavy atom. The predicted molar refractivity (Wildman–Crippen MR) is 70.8 cm³/mol. The van der Waals surface area contributed by atoms with Crippen molar-refractivity contribution >= 4 is 11.8 Å². The van der Waals surface area contributed by atoms with Gasteiger partial charge in [-0.15, -0.1) is 0 Å². The van der Waals surface area contributed by atoms with Crippen LogP contribution >= 0.6 is 0 Å². The van der Waals surface area contributed by atoms with Gasteiger partial charge in [0.1, 0.15) is 6.04 Å². The van der Waals surface area contributed by atoms with E-state index in [-0.39, 0.29) is 17.9 Å². The lowest BCUT2D eigenvalue weighted by Crippen LogP contribution is -2.53. The molecule has 1 aliphatic rings. The molecule has 5 nitrogen and oxygen atoms in total. The molecule has 18 heavy (non-hydrogen) atoms. The van der Waals surface area contributed by atoms with Gasteiger partial charge in [-0.2, -0.15) is 0 Å². The van der Waals surface area contributed by atoms with E-state index in [1.165, 1.54) is 0 Å². The van der Waals surface area contributed by atoms with Crippen LogP contribution in [-0.2, 0) is 9.59 Å². The van der Waals surface area contributed by atoms with E-state index in [2.05, 4.69) is 10.6 Å². The van der Waals surface area contributed by atoms with Crippen molar-refractivity contribution in [2.75, 3.05) is 6.54 Å². The summed E-state index contributed by atoms with van der Waals surface area (Å²) in [7, 11) is 0. The Hall–Kier alpha value is -1.10. The highest BCUT2D eigenvalue weighted by Crippen LogP contribution is 2.36. The van der Waals surface area contributed by atoms with E-state index in [0.29, 0.717) is 6.54 Å². The van der Waals surface area contributed by atoms with Crippen LogP contribution in [0.25, 0.3) is 0 Å². The Bertz CT molecular complexity index is 319. The summed E-state index contributed by atoms with van der Waals surface area (Å²) in [5.41, 5.74) is 5.46. The van der Waals surface area contributed by atoms with Gasteiger partial charge in [-0.25, -0.2) is 0 Å². The Morgan fingerprint density at radius 2 is 2.17 bits per heavy atom. The lowest BCUT2D eigenvalue weighted by Gasteiger charge is -2.29. The number of nitrogens with one attached hydrogen (secondary N) is 2. The number of carbonyl (C=O) groups is 2. The zero-order valence-corrected chi connectivity index (χ0v) is 11.6. The first kappa shape index (κ1) is 15.0. The van der Waals surface area contributed by atoms with Crippen molar-refractivity contribution < 1.29 is 9.59 Å². The maximum absolute atomic E-state index is 12.2. The molecule has 3 atom stereocenters. The molecule has 3 unspecified atom stereocenters. The van der Waals surface area contributed by atoms with Crippen molar-refractivity contribution in [3.63, 3.8) is 0 Å². The van der Waals surface area contributed by atoms with Crippen molar-refractivity contribution in [3.05, 3.63) is 0 Å². The average Bonchev–Trinajstić information content (AvgIpc) is 2.67. The number of rotatable bonds is 5. The fourth-order valence-corrected chi connectivity index (χ4v) is 2.30. The van der Waals surface area contributed by atoms with Crippen LogP contribution in [0.1, 0.15) is 46.5 Å². The Kier molecular flexibility index (Phi) is 5.14. The van der Waals surface area contributed by atoms with Crippen LogP contribution in [0.5, 0.6) is 0 Å². The minimum absolute atomic E-state index is 0.105. The second-order valence-corrected chi connectivity index (χ2v) is 5.40. The van der Waals surface area contributed by atoms with Crippen molar-refractivity contribution in [1.82, 2.24) is 10.6 Å². The zero-order valence-electron chi connectivity index (χ0n) is 11.6. The van der Waals surface area contributed by atoms with E-state index < -0.39 is 11.5 Å². The lowest BCUT2D eigenvalue weighted by atomic mass is 9.84. The van der Waals surface area contributed by atoms with Gasteiger partial charge in [-0.1, -0.05) is 13.3 Å². The van der Waals surface area contributed by atoms with E-state index in [1.54, 1.807) is 6.92 Å². The van der Waals surface area contributed by atoms with Crippen LogP contribution in [0, 0.1) is 5.41 Å². The Morgan fingerprint density at radius 1 is 1.50 bits per heavy atom.